The lowest BCUT2D eigenvalue weighted by Gasteiger charge is -2.21. The molecule has 0 spiro atoms. The minimum absolute atomic E-state index is 0.349. The van der Waals surface area contributed by atoms with Gasteiger partial charge in [-0.3, -0.25) is 0 Å². The summed E-state index contributed by atoms with van der Waals surface area (Å²) >= 11 is 0. The molecule has 1 N–H and O–H groups in total. The second-order valence-corrected chi connectivity index (χ2v) is 6.73. The van der Waals surface area contributed by atoms with Crippen molar-refractivity contribution >= 4 is 10.0 Å². The maximum absolute atomic E-state index is 12.1. The van der Waals surface area contributed by atoms with Gasteiger partial charge in [-0.1, -0.05) is 0 Å². The average molecular weight is 250 g/mol. The Bertz CT molecular complexity index is 305. The van der Waals surface area contributed by atoms with Crippen LogP contribution in [0.5, 0.6) is 0 Å². The zero-order valence-electron chi connectivity index (χ0n) is 10.3. The topological polar surface area (TPSA) is 58.6 Å². The Labute approximate surface area is 98.2 Å². The second kappa shape index (κ2) is 5.95. The van der Waals surface area contributed by atoms with Gasteiger partial charge in [-0.2, -0.15) is 0 Å². The number of hydrogen-bond donors (Lipinski definition) is 1. The van der Waals surface area contributed by atoms with Crippen molar-refractivity contribution < 1.29 is 13.2 Å². The van der Waals surface area contributed by atoms with E-state index in [1.165, 1.54) is 0 Å². The number of nitrogens with zero attached hydrogens (tertiary/aromatic N) is 1. The van der Waals surface area contributed by atoms with Gasteiger partial charge in [0.25, 0.3) is 0 Å². The molecule has 2 unspecified atom stereocenters. The number of methoxy groups -OCH3 is 1. The van der Waals surface area contributed by atoms with Crippen LogP contribution >= 0.6 is 0 Å². The molecule has 1 heterocycles. The zero-order chi connectivity index (χ0) is 12.2. The highest BCUT2D eigenvalue weighted by Gasteiger charge is 2.34. The van der Waals surface area contributed by atoms with E-state index in [-0.39, 0.29) is 5.25 Å². The van der Waals surface area contributed by atoms with Gasteiger partial charge in [0.15, 0.2) is 0 Å². The lowest BCUT2D eigenvalue weighted by Crippen LogP contribution is -2.40. The van der Waals surface area contributed by atoms with E-state index < -0.39 is 10.0 Å². The molecule has 0 amide bonds. The molecule has 1 saturated heterocycles. The molecule has 2 atom stereocenters. The number of hydrogen-bond acceptors (Lipinski definition) is 4. The highest BCUT2D eigenvalue weighted by atomic mass is 32.2. The predicted molar refractivity (Wildman–Crippen MR) is 63.9 cm³/mol. The largest absolute Gasteiger partial charge is 0.384 e. The Balaban J connectivity index is 2.58. The summed E-state index contributed by atoms with van der Waals surface area (Å²) in [6, 6.07) is 0. The Morgan fingerprint density at radius 1 is 1.56 bits per heavy atom. The van der Waals surface area contributed by atoms with Crippen LogP contribution in [-0.4, -0.2) is 58.4 Å². The maximum Gasteiger partial charge on any atom is 0.217 e. The van der Waals surface area contributed by atoms with Gasteiger partial charge in [0.1, 0.15) is 0 Å². The van der Waals surface area contributed by atoms with Crippen LogP contribution in [0, 0.1) is 5.92 Å². The van der Waals surface area contributed by atoms with Gasteiger partial charge in [-0.15, -0.1) is 0 Å². The molecule has 0 radical (unpaired) electrons. The van der Waals surface area contributed by atoms with Crippen molar-refractivity contribution in [1.82, 2.24) is 9.62 Å². The quantitative estimate of drug-likeness (QED) is 0.715. The van der Waals surface area contributed by atoms with E-state index in [1.807, 2.05) is 0 Å². The Morgan fingerprint density at radius 3 is 2.81 bits per heavy atom. The fourth-order valence-corrected chi connectivity index (χ4v) is 3.71. The second-order valence-electron chi connectivity index (χ2n) is 4.38. The molecule has 0 aliphatic carbocycles. The molecule has 0 saturated carbocycles. The molecule has 6 heteroatoms. The molecule has 0 aromatic heterocycles. The van der Waals surface area contributed by atoms with E-state index in [1.54, 1.807) is 25.4 Å². The van der Waals surface area contributed by atoms with Crippen molar-refractivity contribution in [3.05, 3.63) is 0 Å². The number of sulfonamides is 1. The Kier molecular flexibility index (Phi) is 5.17. The third kappa shape index (κ3) is 3.16. The van der Waals surface area contributed by atoms with Crippen LogP contribution in [0.25, 0.3) is 0 Å². The highest BCUT2D eigenvalue weighted by Crippen LogP contribution is 2.21. The van der Waals surface area contributed by atoms with E-state index in [2.05, 4.69) is 5.32 Å². The molecule has 1 rings (SSSR count). The Hall–Kier alpha value is -0.170. The summed E-state index contributed by atoms with van der Waals surface area (Å²) in [5.41, 5.74) is 0. The van der Waals surface area contributed by atoms with E-state index in [0.29, 0.717) is 32.2 Å². The van der Waals surface area contributed by atoms with Crippen LogP contribution in [0.1, 0.15) is 13.3 Å². The summed E-state index contributed by atoms with van der Waals surface area (Å²) in [6.07, 6.45) is 0.902. The standard InChI is InChI=1S/C10H22N2O3S/c1-9(6-11-2)16(13,14)12-5-4-10(7-12)8-15-3/h9-11H,4-8H2,1-3H3. The zero-order valence-corrected chi connectivity index (χ0v) is 11.1. The normalized spacial score (nSPS) is 24.8. The molecule has 96 valence electrons. The summed E-state index contributed by atoms with van der Waals surface area (Å²) in [7, 11) is 0.284. The highest BCUT2D eigenvalue weighted by molar-refractivity contribution is 7.89. The van der Waals surface area contributed by atoms with Crippen LogP contribution in [0.2, 0.25) is 0 Å². The first-order valence-electron chi connectivity index (χ1n) is 5.64. The molecular weight excluding hydrogens is 228 g/mol. The van der Waals surface area contributed by atoms with Gasteiger partial charge in [-0.05, 0) is 26.3 Å². The fourth-order valence-electron chi connectivity index (χ4n) is 2.05. The molecule has 0 bridgehead atoms. The molecule has 1 aliphatic heterocycles. The minimum atomic E-state index is -3.14. The first-order valence-corrected chi connectivity index (χ1v) is 7.15. The van der Waals surface area contributed by atoms with E-state index in [9.17, 15) is 8.42 Å². The fraction of sp³-hybridized carbons (Fsp3) is 1.00. The number of nitrogens with one attached hydrogen (secondary N) is 1. The monoisotopic (exact) mass is 250 g/mol. The molecule has 5 nitrogen and oxygen atoms in total. The van der Waals surface area contributed by atoms with Gasteiger partial charge in [0, 0.05) is 26.7 Å². The van der Waals surface area contributed by atoms with Crippen molar-refractivity contribution in [3.8, 4) is 0 Å². The van der Waals surface area contributed by atoms with E-state index in [0.717, 1.165) is 6.42 Å². The van der Waals surface area contributed by atoms with Crippen LogP contribution in [0.15, 0.2) is 0 Å². The summed E-state index contributed by atoms with van der Waals surface area (Å²) in [5, 5.41) is 2.54. The predicted octanol–water partition coefficient (Wildman–Crippen LogP) is -0.108. The maximum atomic E-state index is 12.1. The van der Waals surface area contributed by atoms with Gasteiger partial charge in [0.2, 0.25) is 10.0 Å². The minimum Gasteiger partial charge on any atom is -0.384 e. The number of ether oxygens (including phenoxy) is 1. The van der Waals surface area contributed by atoms with Crippen molar-refractivity contribution in [2.24, 2.45) is 5.92 Å². The van der Waals surface area contributed by atoms with Crippen LogP contribution in [0.3, 0.4) is 0 Å². The molecule has 1 fully saturated rings. The summed E-state index contributed by atoms with van der Waals surface area (Å²) in [6.45, 7) is 4.12. The molecule has 0 aromatic carbocycles. The van der Waals surface area contributed by atoms with Gasteiger partial charge >= 0.3 is 0 Å². The van der Waals surface area contributed by atoms with Crippen LogP contribution in [0.4, 0.5) is 0 Å². The SMILES string of the molecule is CNCC(C)S(=O)(=O)N1CCC(COC)C1. The van der Waals surface area contributed by atoms with Crippen LogP contribution < -0.4 is 5.32 Å². The van der Waals surface area contributed by atoms with E-state index in [4.69, 9.17) is 4.74 Å². The molecule has 0 aromatic rings. The molecule has 1 aliphatic rings. The first kappa shape index (κ1) is 13.9. The first-order chi connectivity index (χ1) is 7.52. The van der Waals surface area contributed by atoms with Crippen LogP contribution in [-0.2, 0) is 14.8 Å². The van der Waals surface area contributed by atoms with Gasteiger partial charge < -0.3 is 10.1 Å². The lowest BCUT2D eigenvalue weighted by molar-refractivity contribution is 0.157. The van der Waals surface area contributed by atoms with Crippen molar-refractivity contribution in [2.75, 3.05) is 40.4 Å². The van der Waals surface area contributed by atoms with E-state index >= 15 is 0 Å². The van der Waals surface area contributed by atoms with Crippen molar-refractivity contribution in [1.29, 1.82) is 0 Å². The van der Waals surface area contributed by atoms with Gasteiger partial charge in [-0.25, -0.2) is 12.7 Å². The average Bonchev–Trinajstić information content (AvgIpc) is 2.68. The Morgan fingerprint density at radius 2 is 2.25 bits per heavy atom. The molecular formula is C10H22N2O3S. The third-order valence-corrected chi connectivity index (χ3v) is 5.25. The smallest absolute Gasteiger partial charge is 0.217 e. The van der Waals surface area contributed by atoms with Crippen molar-refractivity contribution in [3.63, 3.8) is 0 Å². The third-order valence-electron chi connectivity index (χ3n) is 3.01. The molecule has 16 heavy (non-hydrogen) atoms. The lowest BCUT2D eigenvalue weighted by atomic mass is 10.1. The van der Waals surface area contributed by atoms with Crippen molar-refractivity contribution in [2.45, 2.75) is 18.6 Å². The summed E-state index contributed by atoms with van der Waals surface area (Å²) in [5.74, 6) is 0.349. The van der Waals surface area contributed by atoms with Gasteiger partial charge in [0.05, 0.1) is 11.9 Å². The summed E-state index contributed by atoms with van der Waals surface area (Å²) in [4.78, 5) is 0. The summed E-state index contributed by atoms with van der Waals surface area (Å²) < 4.78 is 30.9. The number of rotatable bonds is 6.